The van der Waals surface area contributed by atoms with Crippen LogP contribution in [0.1, 0.15) is 12.5 Å². The summed E-state index contributed by atoms with van der Waals surface area (Å²) in [4.78, 5) is 11.9. The van der Waals surface area contributed by atoms with Gasteiger partial charge in [0.25, 0.3) is 0 Å². The van der Waals surface area contributed by atoms with Crippen molar-refractivity contribution in [1.29, 1.82) is 0 Å². The van der Waals surface area contributed by atoms with Gasteiger partial charge in [0.15, 0.2) is 0 Å². The first-order valence-corrected chi connectivity index (χ1v) is 7.18. The number of rotatable bonds is 4. The number of benzene rings is 2. The molecule has 20 heavy (non-hydrogen) atoms. The van der Waals surface area contributed by atoms with Crippen molar-refractivity contribution in [1.82, 2.24) is 0 Å². The number of amides is 1. The minimum atomic E-state index is -0.992. The van der Waals surface area contributed by atoms with E-state index in [4.69, 9.17) is 17.3 Å². The van der Waals surface area contributed by atoms with Gasteiger partial charge in [-0.25, -0.2) is 0 Å². The quantitative estimate of drug-likeness (QED) is 0.875. The van der Waals surface area contributed by atoms with E-state index in [9.17, 15) is 4.79 Å². The summed E-state index contributed by atoms with van der Waals surface area (Å²) in [5.41, 5.74) is 6.16. The second-order valence-electron chi connectivity index (χ2n) is 4.63. The highest BCUT2D eigenvalue weighted by molar-refractivity contribution is 9.10. The molecule has 0 aliphatic rings. The smallest absolute Gasteiger partial charge is 0.247 e. The van der Waals surface area contributed by atoms with E-state index < -0.39 is 11.4 Å². The third kappa shape index (κ3) is 3.14. The average molecular weight is 354 g/mol. The van der Waals surface area contributed by atoms with Gasteiger partial charge in [-0.2, -0.15) is 0 Å². The van der Waals surface area contributed by atoms with Crippen molar-refractivity contribution in [2.45, 2.75) is 12.5 Å². The fraction of sp³-hybridized carbons (Fsp3) is 0.133. The Hall–Kier alpha value is -1.52. The molecule has 1 atom stereocenters. The van der Waals surface area contributed by atoms with E-state index in [1.807, 2.05) is 36.4 Å². The highest BCUT2D eigenvalue weighted by atomic mass is 79.9. The Balaban J connectivity index is 2.37. The summed E-state index contributed by atoms with van der Waals surface area (Å²) in [6.45, 7) is 1.76. The van der Waals surface area contributed by atoms with Crippen LogP contribution >= 0.6 is 27.5 Å². The maximum atomic E-state index is 11.9. The van der Waals surface area contributed by atoms with Crippen LogP contribution in [0.2, 0.25) is 5.02 Å². The second kappa shape index (κ2) is 5.85. The van der Waals surface area contributed by atoms with E-state index in [2.05, 4.69) is 21.2 Å². The van der Waals surface area contributed by atoms with E-state index in [-0.39, 0.29) is 0 Å². The molecule has 5 heteroatoms. The summed E-state index contributed by atoms with van der Waals surface area (Å²) < 4.78 is 0.944. The molecule has 0 aliphatic carbocycles. The molecule has 2 aromatic carbocycles. The SMILES string of the molecule is CC(Nc1ccc(Cl)cc1)(C(N)=O)c1ccc(Br)cc1. The predicted octanol–water partition coefficient (Wildman–Crippen LogP) is 3.92. The van der Waals surface area contributed by atoms with Gasteiger partial charge in [-0.15, -0.1) is 0 Å². The minimum Gasteiger partial charge on any atom is -0.368 e. The molecule has 1 unspecified atom stereocenters. The van der Waals surface area contributed by atoms with Crippen LogP contribution in [0.3, 0.4) is 0 Å². The van der Waals surface area contributed by atoms with E-state index in [0.29, 0.717) is 5.02 Å². The first-order chi connectivity index (χ1) is 9.41. The van der Waals surface area contributed by atoms with Gasteiger partial charge in [-0.05, 0) is 48.9 Å². The lowest BCUT2D eigenvalue weighted by Gasteiger charge is -2.29. The lowest BCUT2D eigenvalue weighted by atomic mass is 9.91. The van der Waals surface area contributed by atoms with Crippen molar-refractivity contribution in [3.8, 4) is 0 Å². The standard InChI is InChI=1S/C15H14BrClN2O/c1-15(14(18)20,10-2-4-11(16)5-3-10)19-13-8-6-12(17)7-9-13/h2-9,19H,1H3,(H2,18,20). The average Bonchev–Trinajstić information content (AvgIpc) is 2.42. The fourth-order valence-corrected chi connectivity index (χ4v) is 2.27. The second-order valence-corrected chi connectivity index (χ2v) is 5.98. The van der Waals surface area contributed by atoms with E-state index in [0.717, 1.165) is 15.7 Å². The fourth-order valence-electron chi connectivity index (χ4n) is 1.88. The third-order valence-corrected chi connectivity index (χ3v) is 3.93. The molecule has 104 valence electrons. The Bertz CT molecular complexity index is 613. The molecule has 0 saturated heterocycles. The first-order valence-electron chi connectivity index (χ1n) is 6.01. The van der Waals surface area contributed by atoms with E-state index in [1.165, 1.54) is 0 Å². The molecule has 0 aliphatic heterocycles. The lowest BCUT2D eigenvalue weighted by molar-refractivity contribution is -0.122. The van der Waals surface area contributed by atoms with Crippen LogP contribution in [-0.4, -0.2) is 5.91 Å². The van der Waals surface area contributed by atoms with E-state index >= 15 is 0 Å². The maximum absolute atomic E-state index is 11.9. The van der Waals surface area contributed by atoms with Crippen molar-refractivity contribution in [2.24, 2.45) is 5.73 Å². The summed E-state index contributed by atoms with van der Waals surface area (Å²) in [7, 11) is 0. The zero-order chi connectivity index (χ0) is 14.8. The predicted molar refractivity (Wildman–Crippen MR) is 85.8 cm³/mol. The molecule has 0 radical (unpaired) electrons. The van der Waals surface area contributed by atoms with E-state index in [1.54, 1.807) is 19.1 Å². The number of anilines is 1. The van der Waals surface area contributed by atoms with Gasteiger partial charge in [0.05, 0.1) is 0 Å². The van der Waals surface area contributed by atoms with Gasteiger partial charge >= 0.3 is 0 Å². The largest absolute Gasteiger partial charge is 0.368 e. The molecule has 3 N–H and O–H groups in total. The molecule has 0 bridgehead atoms. The number of halogens is 2. The zero-order valence-corrected chi connectivity index (χ0v) is 13.2. The van der Waals surface area contributed by atoms with Crippen LogP contribution in [-0.2, 0) is 10.3 Å². The highest BCUT2D eigenvalue weighted by Crippen LogP contribution is 2.27. The van der Waals surface area contributed by atoms with Crippen LogP contribution in [0.4, 0.5) is 5.69 Å². The van der Waals surface area contributed by atoms with Crippen LogP contribution in [0.25, 0.3) is 0 Å². The Morgan fingerprint density at radius 3 is 2.20 bits per heavy atom. The number of primary amides is 1. The Morgan fingerprint density at radius 2 is 1.70 bits per heavy atom. The first kappa shape index (κ1) is 14.9. The number of hydrogen-bond acceptors (Lipinski definition) is 2. The number of hydrogen-bond donors (Lipinski definition) is 2. The molecular weight excluding hydrogens is 340 g/mol. The molecule has 2 aromatic rings. The number of nitrogens with two attached hydrogens (primary N) is 1. The van der Waals surface area contributed by atoms with Crippen molar-refractivity contribution < 1.29 is 4.79 Å². The van der Waals surface area contributed by atoms with Crippen LogP contribution < -0.4 is 11.1 Å². The van der Waals surface area contributed by atoms with Gasteiger partial charge < -0.3 is 11.1 Å². The Labute approximate surface area is 131 Å². The summed E-state index contributed by atoms with van der Waals surface area (Å²) in [6.07, 6.45) is 0. The number of carbonyl (C=O) groups is 1. The van der Waals surface area contributed by atoms with Crippen molar-refractivity contribution >= 4 is 39.1 Å². The van der Waals surface area contributed by atoms with Crippen molar-refractivity contribution in [3.05, 3.63) is 63.6 Å². The summed E-state index contributed by atoms with van der Waals surface area (Å²) in [5.74, 6) is -0.449. The number of carbonyl (C=O) groups excluding carboxylic acids is 1. The summed E-state index contributed by atoms with van der Waals surface area (Å²) >= 11 is 9.23. The molecule has 0 saturated carbocycles. The summed E-state index contributed by atoms with van der Waals surface area (Å²) in [6, 6.07) is 14.6. The Kier molecular flexibility index (Phi) is 4.35. The normalized spacial score (nSPS) is 13.6. The minimum absolute atomic E-state index is 0.449. The van der Waals surface area contributed by atoms with Gasteiger partial charge in [0, 0.05) is 15.2 Å². The van der Waals surface area contributed by atoms with Gasteiger partial charge in [0.1, 0.15) is 5.54 Å². The highest BCUT2D eigenvalue weighted by Gasteiger charge is 2.33. The zero-order valence-electron chi connectivity index (χ0n) is 10.9. The molecule has 0 aromatic heterocycles. The monoisotopic (exact) mass is 352 g/mol. The molecular formula is C15H14BrClN2O. The van der Waals surface area contributed by atoms with Crippen LogP contribution in [0.15, 0.2) is 53.0 Å². The molecule has 3 nitrogen and oxygen atoms in total. The lowest BCUT2D eigenvalue weighted by Crippen LogP contribution is -2.45. The van der Waals surface area contributed by atoms with Gasteiger partial charge in [-0.1, -0.05) is 39.7 Å². The van der Waals surface area contributed by atoms with Crippen molar-refractivity contribution in [2.75, 3.05) is 5.32 Å². The molecule has 0 heterocycles. The molecule has 0 fully saturated rings. The van der Waals surface area contributed by atoms with Crippen molar-refractivity contribution in [3.63, 3.8) is 0 Å². The van der Waals surface area contributed by atoms with Gasteiger partial charge in [0.2, 0.25) is 5.91 Å². The van der Waals surface area contributed by atoms with Gasteiger partial charge in [-0.3, -0.25) is 4.79 Å². The van der Waals surface area contributed by atoms with Crippen LogP contribution in [0.5, 0.6) is 0 Å². The third-order valence-electron chi connectivity index (χ3n) is 3.15. The maximum Gasteiger partial charge on any atom is 0.247 e. The molecule has 0 spiro atoms. The van der Waals surface area contributed by atoms with Crippen LogP contribution in [0, 0.1) is 0 Å². The topological polar surface area (TPSA) is 55.1 Å². The Morgan fingerprint density at radius 1 is 1.15 bits per heavy atom. The molecule has 2 rings (SSSR count). The summed E-state index contributed by atoms with van der Waals surface area (Å²) in [5, 5.41) is 3.81. The molecule has 1 amide bonds. The number of nitrogens with one attached hydrogen (secondary N) is 1.